The molecule has 0 spiro atoms. The lowest BCUT2D eigenvalue weighted by Crippen LogP contribution is -2.31. The van der Waals surface area contributed by atoms with E-state index >= 15 is 0 Å². The summed E-state index contributed by atoms with van der Waals surface area (Å²) in [6.45, 7) is 0.723. The van der Waals surface area contributed by atoms with Crippen molar-refractivity contribution >= 4 is 27.8 Å². The lowest BCUT2D eigenvalue weighted by molar-refractivity contribution is -0.141. The van der Waals surface area contributed by atoms with Crippen LogP contribution in [0.2, 0.25) is 0 Å². The minimum absolute atomic E-state index is 0.0259. The average molecular weight is 388 g/mol. The van der Waals surface area contributed by atoms with Gasteiger partial charge in [-0.15, -0.1) is 0 Å². The summed E-state index contributed by atoms with van der Waals surface area (Å²) in [6, 6.07) is 17.2. The topological polar surface area (TPSA) is 57.6 Å². The molecule has 24 heavy (non-hydrogen) atoms. The van der Waals surface area contributed by atoms with Crippen LogP contribution < -0.4 is 0 Å². The second-order valence-corrected chi connectivity index (χ2v) is 6.98. The summed E-state index contributed by atoms with van der Waals surface area (Å²) in [4.78, 5) is 25.9. The van der Waals surface area contributed by atoms with Crippen molar-refractivity contribution in [2.24, 2.45) is 5.92 Å². The van der Waals surface area contributed by atoms with Crippen molar-refractivity contribution < 1.29 is 14.7 Å². The second kappa shape index (κ2) is 7.18. The molecule has 1 N–H and O–H groups in total. The number of amides is 1. The van der Waals surface area contributed by atoms with Gasteiger partial charge in [-0.25, -0.2) is 0 Å². The van der Waals surface area contributed by atoms with Gasteiger partial charge in [0.05, 0.1) is 12.3 Å². The highest BCUT2D eigenvalue weighted by atomic mass is 79.9. The van der Waals surface area contributed by atoms with Crippen LogP contribution in [0.25, 0.3) is 0 Å². The van der Waals surface area contributed by atoms with Gasteiger partial charge in [-0.3, -0.25) is 9.59 Å². The van der Waals surface area contributed by atoms with Crippen molar-refractivity contribution in [2.75, 3.05) is 13.1 Å². The summed E-state index contributed by atoms with van der Waals surface area (Å²) < 4.78 is 0.968. The summed E-state index contributed by atoms with van der Waals surface area (Å²) in [5.74, 6) is -1.58. The maximum absolute atomic E-state index is 12.6. The molecule has 1 heterocycles. The Morgan fingerprint density at radius 2 is 1.71 bits per heavy atom. The third-order valence-electron chi connectivity index (χ3n) is 4.49. The first-order chi connectivity index (χ1) is 11.5. The number of carboxylic acid groups (broad SMARTS) is 1. The molecule has 0 bridgehead atoms. The van der Waals surface area contributed by atoms with Crippen molar-refractivity contribution in [3.05, 3.63) is 70.2 Å². The third-order valence-corrected chi connectivity index (χ3v) is 5.01. The lowest BCUT2D eigenvalue weighted by atomic mass is 9.89. The lowest BCUT2D eigenvalue weighted by Gasteiger charge is -2.16. The number of carbonyl (C=O) groups is 2. The number of halogens is 1. The fraction of sp³-hybridized carbons (Fsp3) is 0.263. The minimum atomic E-state index is -0.845. The molecule has 0 saturated carbocycles. The molecule has 0 aromatic heterocycles. The van der Waals surface area contributed by atoms with Crippen LogP contribution in [0, 0.1) is 5.92 Å². The van der Waals surface area contributed by atoms with Crippen LogP contribution >= 0.6 is 15.9 Å². The quantitative estimate of drug-likeness (QED) is 0.875. The van der Waals surface area contributed by atoms with Crippen molar-refractivity contribution in [3.8, 4) is 0 Å². The van der Waals surface area contributed by atoms with Gasteiger partial charge < -0.3 is 10.0 Å². The van der Waals surface area contributed by atoms with Gasteiger partial charge in [-0.1, -0.05) is 58.4 Å². The Balaban J connectivity index is 1.74. The molecule has 2 atom stereocenters. The van der Waals surface area contributed by atoms with E-state index in [4.69, 9.17) is 0 Å². The first-order valence-electron chi connectivity index (χ1n) is 7.84. The molecule has 1 fully saturated rings. The van der Waals surface area contributed by atoms with E-state index in [2.05, 4.69) is 15.9 Å². The van der Waals surface area contributed by atoms with Gasteiger partial charge in [-0.2, -0.15) is 0 Å². The fourth-order valence-electron chi connectivity index (χ4n) is 3.18. The molecular formula is C19H18BrNO3. The van der Waals surface area contributed by atoms with Crippen molar-refractivity contribution in [1.82, 2.24) is 4.90 Å². The number of hydrogen-bond acceptors (Lipinski definition) is 2. The van der Waals surface area contributed by atoms with Gasteiger partial charge in [0, 0.05) is 23.5 Å². The smallest absolute Gasteiger partial charge is 0.308 e. The zero-order valence-corrected chi connectivity index (χ0v) is 14.6. The Hall–Kier alpha value is -2.14. The van der Waals surface area contributed by atoms with Crippen LogP contribution in [-0.4, -0.2) is 35.0 Å². The van der Waals surface area contributed by atoms with E-state index in [1.807, 2.05) is 54.6 Å². The molecule has 1 aliphatic heterocycles. The molecule has 4 nitrogen and oxygen atoms in total. The molecule has 0 unspecified atom stereocenters. The van der Waals surface area contributed by atoms with Gasteiger partial charge in [0.2, 0.25) is 5.91 Å². The Morgan fingerprint density at radius 1 is 1.04 bits per heavy atom. The monoisotopic (exact) mass is 387 g/mol. The van der Waals surface area contributed by atoms with Crippen LogP contribution in [-0.2, 0) is 16.0 Å². The molecule has 1 amide bonds. The van der Waals surface area contributed by atoms with E-state index in [1.54, 1.807) is 4.90 Å². The summed E-state index contributed by atoms with van der Waals surface area (Å²) in [5.41, 5.74) is 1.90. The first kappa shape index (κ1) is 16.7. The molecular weight excluding hydrogens is 370 g/mol. The van der Waals surface area contributed by atoms with Crippen LogP contribution in [0.3, 0.4) is 0 Å². The number of benzene rings is 2. The number of rotatable bonds is 4. The molecule has 0 radical (unpaired) electrons. The summed E-state index contributed by atoms with van der Waals surface area (Å²) in [6.07, 6.45) is 0.293. The third kappa shape index (κ3) is 3.67. The molecule has 1 aliphatic rings. The van der Waals surface area contributed by atoms with Gasteiger partial charge in [-0.05, 0) is 23.3 Å². The van der Waals surface area contributed by atoms with E-state index in [0.717, 1.165) is 15.6 Å². The van der Waals surface area contributed by atoms with Crippen LogP contribution in [0.5, 0.6) is 0 Å². The Kier molecular flexibility index (Phi) is 5.00. The van der Waals surface area contributed by atoms with Crippen LogP contribution in [0.15, 0.2) is 59.1 Å². The molecule has 5 heteroatoms. The van der Waals surface area contributed by atoms with Gasteiger partial charge >= 0.3 is 5.97 Å². The van der Waals surface area contributed by atoms with Gasteiger partial charge in [0.1, 0.15) is 0 Å². The standard InChI is InChI=1S/C19H18BrNO3/c20-15-8-6-13(7-9-15)10-18(22)21-11-16(17(12-21)19(23)24)14-4-2-1-3-5-14/h1-9,16-17H,10-12H2,(H,23,24)/t16-,17-/m1/s1. The predicted molar refractivity (Wildman–Crippen MR) is 94.7 cm³/mol. The number of hydrogen-bond donors (Lipinski definition) is 1. The highest BCUT2D eigenvalue weighted by Crippen LogP contribution is 2.33. The number of carbonyl (C=O) groups excluding carboxylic acids is 1. The maximum atomic E-state index is 12.6. The van der Waals surface area contributed by atoms with Crippen molar-refractivity contribution in [1.29, 1.82) is 0 Å². The molecule has 3 rings (SSSR count). The first-order valence-corrected chi connectivity index (χ1v) is 8.64. The number of likely N-dealkylation sites (tertiary alicyclic amines) is 1. The molecule has 124 valence electrons. The van der Waals surface area contributed by atoms with E-state index in [1.165, 1.54) is 0 Å². The summed E-state index contributed by atoms with van der Waals surface area (Å²) in [5, 5.41) is 9.52. The highest BCUT2D eigenvalue weighted by Gasteiger charge is 2.40. The van der Waals surface area contributed by atoms with Crippen LogP contribution in [0.1, 0.15) is 17.0 Å². The van der Waals surface area contributed by atoms with E-state index in [-0.39, 0.29) is 18.4 Å². The zero-order chi connectivity index (χ0) is 17.1. The molecule has 1 saturated heterocycles. The Morgan fingerprint density at radius 3 is 2.33 bits per heavy atom. The number of nitrogens with zero attached hydrogens (tertiary/aromatic N) is 1. The second-order valence-electron chi connectivity index (χ2n) is 6.06. The van der Waals surface area contributed by atoms with Crippen molar-refractivity contribution in [3.63, 3.8) is 0 Å². The predicted octanol–water partition coefficient (Wildman–Crippen LogP) is 3.32. The van der Waals surface area contributed by atoms with Crippen molar-refractivity contribution in [2.45, 2.75) is 12.3 Å². The largest absolute Gasteiger partial charge is 0.481 e. The fourth-order valence-corrected chi connectivity index (χ4v) is 3.45. The molecule has 2 aromatic rings. The van der Waals surface area contributed by atoms with E-state index < -0.39 is 11.9 Å². The zero-order valence-electron chi connectivity index (χ0n) is 13.1. The van der Waals surface area contributed by atoms with Gasteiger partial charge in [0.15, 0.2) is 0 Å². The highest BCUT2D eigenvalue weighted by molar-refractivity contribution is 9.10. The maximum Gasteiger partial charge on any atom is 0.308 e. The Bertz CT molecular complexity index is 730. The summed E-state index contributed by atoms with van der Waals surface area (Å²) in [7, 11) is 0. The van der Waals surface area contributed by atoms with Gasteiger partial charge in [0.25, 0.3) is 0 Å². The number of aliphatic carboxylic acids is 1. The molecule has 2 aromatic carbocycles. The van der Waals surface area contributed by atoms with E-state index in [0.29, 0.717) is 13.0 Å². The summed E-state index contributed by atoms with van der Waals surface area (Å²) >= 11 is 3.37. The average Bonchev–Trinajstić information content (AvgIpc) is 3.03. The minimum Gasteiger partial charge on any atom is -0.481 e. The molecule has 0 aliphatic carbocycles. The number of carboxylic acids is 1. The SMILES string of the molecule is O=C(O)[C@@H]1CN(C(=O)Cc2ccc(Br)cc2)C[C@@H]1c1ccccc1. The Labute approximate surface area is 149 Å². The normalized spacial score (nSPS) is 20.1. The van der Waals surface area contributed by atoms with Crippen LogP contribution in [0.4, 0.5) is 0 Å². The van der Waals surface area contributed by atoms with E-state index in [9.17, 15) is 14.7 Å².